The predicted octanol–water partition coefficient (Wildman–Crippen LogP) is 7.31. The molecule has 0 aliphatic rings. The Bertz CT molecular complexity index is 1170. The van der Waals surface area contributed by atoms with Gasteiger partial charge in [0.05, 0.1) is 5.52 Å². The number of aromatic nitrogens is 1. The molecule has 0 unspecified atom stereocenters. The molecule has 36 heavy (non-hydrogen) atoms. The zero-order valence-corrected chi connectivity index (χ0v) is 22.5. The van der Waals surface area contributed by atoms with Gasteiger partial charge in [0.1, 0.15) is 17.2 Å². The second kappa shape index (κ2) is 11.6. The molecule has 1 heterocycles. The van der Waals surface area contributed by atoms with Crippen molar-refractivity contribution in [2.24, 2.45) is 0 Å². The number of nitrogens with zero attached hydrogens (tertiary/aromatic N) is 2. The second-order valence-electron chi connectivity index (χ2n) is 10.3. The number of thioether (sulfide) groups is 1. The molecular weight excluding hydrogens is 476 g/mol. The molecule has 0 spiro atoms. The molecule has 3 aromatic rings. The van der Waals surface area contributed by atoms with Crippen molar-refractivity contribution in [3.63, 3.8) is 0 Å². The summed E-state index contributed by atoms with van der Waals surface area (Å²) in [6, 6.07) is 18.9. The van der Waals surface area contributed by atoms with Crippen molar-refractivity contribution in [3.05, 3.63) is 78.0 Å². The van der Waals surface area contributed by atoms with Gasteiger partial charge in [0, 0.05) is 23.1 Å². The molecule has 192 valence electrons. The quantitative estimate of drug-likeness (QED) is 0.254. The van der Waals surface area contributed by atoms with E-state index < -0.39 is 29.5 Å². The molecule has 0 saturated heterocycles. The first-order valence-electron chi connectivity index (χ1n) is 11.8. The maximum Gasteiger partial charge on any atom is 0.534 e. The van der Waals surface area contributed by atoms with Gasteiger partial charge in [-0.2, -0.15) is 11.8 Å². The summed E-state index contributed by atoms with van der Waals surface area (Å²) in [5.74, 6) is 1.11. The number of para-hydroxylation sites is 1. The molecule has 0 radical (unpaired) electrons. The molecule has 0 N–H and O–H groups in total. The maximum atomic E-state index is 13.2. The molecule has 1 amide bonds. The van der Waals surface area contributed by atoms with Crippen LogP contribution < -0.4 is 0 Å². The lowest BCUT2D eigenvalue weighted by molar-refractivity contribution is -0.153. The summed E-state index contributed by atoms with van der Waals surface area (Å²) in [7, 11) is 0. The van der Waals surface area contributed by atoms with Crippen LogP contribution in [0, 0.1) is 0 Å². The van der Waals surface area contributed by atoms with Crippen LogP contribution in [0.15, 0.2) is 66.9 Å². The maximum absolute atomic E-state index is 13.2. The first kappa shape index (κ1) is 27.3. The van der Waals surface area contributed by atoms with E-state index in [0.29, 0.717) is 11.5 Å². The summed E-state index contributed by atoms with van der Waals surface area (Å²) < 4.78 is 10.9. The van der Waals surface area contributed by atoms with Crippen molar-refractivity contribution in [1.82, 2.24) is 10.0 Å². The van der Waals surface area contributed by atoms with Gasteiger partial charge in [0.25, 0.3) is 0 Å². The lowest BCUT2D eigenvalue weighted by Gasteiger charge is -2.32. The van der Waals surface area contributed by atoms with E-state index in [-0.39, 0.29) is 0 Å². The van der Waals surface area contributed by atoms with Crippen LogP contribution in [-0.4, -0.2) is 39.3 Å². The van der Waals surface area contributed by atoms with Crippen molar-refractivity contribution >= 4 is 34.9 Å². The number of carbonyl (C=O) groups is 2. The number of ether oxygens (including phenoxy) is 2. The number of hydrogen-bond acceptors (Lipinski definition) is 7. The van der Waals surface area contributed by atoms with E-state index in [9.17, 15) is 9.59 Å². The first-order chi connectivity index (χ1) is 16.9. The van der Waals surface area contributed by atoms with E-state index in [0.717, 1.165) is 27.1 Å². The Kier molecular flexibility index (Phi) is 8.84. The summed E-state index contributed by atoms with van der Waals surface area (Å²) in [6.45, 7) is 10.5. The standard InChI is InChI=1S/C28H34N2O5S/c1-27(2,3)33-25(31)30(35-26(32)34-28(4,5)6)24(21-12-8-7-9-13-21)19-36-18-20-16-22-14-10-11-15-23(22)29-17-20/h7-17,24H,18-19H2,1-6H3/t24-/m1/s1. The summed E-state index contributed by atoms with van der Waals surface area (Å²) in [4.78, 5) is 35.8. The van der Waals surface area contributed by atoms with Gasteiger partial charge >= 0.3 is 12.2 Å². The van der Waals surface area contributed by atoms with Gasteiger partial charge in [-0.05, 0) is 64.8 Å². The molecule has 1 atom stereocenters. The van der Waals surface area contributed by atoms with Gasteiger partial charge < -0.3 is 9.47 Å². The van der Waals surface area contributed by atoms with Crippen LogP contribution in [0.5, 0.6) is 0 Å². The minimum Gasteiger partial charge on any atom is -0.442 e. The largest absolute Gasteiger partial charge is 0.534 e. The summed E-state index contributed by atoms with van der Waals surface area (Å²) in [5, 5.41) is 2.05. The fraction of sp³-hybridized carbons (Fsp3) is 0.393. The molecule has 0 aliphatic carbocycles. The van der Waals surface area contributed by atoms with Crippen molar-refractivity contribution in [3.8, 4) is 0 Å². The van der Waals surface area contributed by atoms with Gasteiger partial charge in [-0.1, -0.05) is 48.5 Å². The monoisotopic (exact) mass is 510 g/mol. The highest BCUT2D eigenvalue weighted by atomic mass is 32.2. The average molecular weight is 511 g/mol. The minimum absolute atomic E-state index is 0.443. The Morgan fingerprint density at radius 3 is 2.22 bits per heavy atom. The van der Waals surface area contributed by atoms with E-state index in [1.807, 2.05) is 60.8 Å². The molecular formula is C28H34N2O5S. The number of carbonyl (C=O) groups excluding carboxylic acids is 2. The normalized spacial score (nSPS) is 12.6. The Morgan fingerprint density at radius 1 is 0.917 bits per heavy atom. The lowest BCUT2D eigenvalue weighted by atomic mass is 10.1. The van der Waals surface area contributed by atoms with Gasteiger partial charge in [-0.15, -0.1) is 5.06 Å². The van der Waals surface area contributed by atoms with Crippen molar-refractivity contribution in [2.45, 2.75) is 64.5 Å². The lowest BCUT2D eigenvalue weighted by Crippen LogP contribution is -2.42. The van der Waals surface area contributed by atoms with E-state index in [4.69, 9.17) is 14.3 Å². The SMILES string of the molecule is CC(C)(C)OC(=O)ON(C(=O)OC(C)(C)C)[C@H](CSCc1cnc2ccccc2c1)c1ccccc1. The Morgan fingerprint density at radius 2 is 1.56 bits per heavy atom. The molecule has 3 rings (SSSR count). The number of amides is 1. The Hall–Kier alpha value is -3.26. The highest BCUT2D eigenvalue weighted by molar-refractivity contribution is 7.98. The van der Waals surface area contributed by atoms with E-state index in [1.165, 1.54) is 0 Å². The smallest absolute Gasteiger partial charge is 0.442 e. The van der Waals surface area contributed by atoms with Crippen LogP contribution in [0.4, 0.5) is 9.59 Å². The fourth-order valence-electron chi connectivity index (χ4n) is 3.34. The van der Waals surface area contributed by atoms with Crippen molar-refractivity contribution < 1.29 is 23.9 Å². The number of benzene rings is 2. The van der Waals surface area contributed by atoms with Crippen LogP contribution >= 0.6 is 11.8 Å². The summed E-state index contributed by atoms with van der Waals surface area (Å²) in [5.41, 5.74) is 1.24. The number of pyridine rings is 1. The third-order valence-corrected chi connectivity index (χ3v) is 5.88. The van der Waals surface area contributed by atoms with Crippen molar-refractivity contribution in [1.29, 1.82) is 0 Å². The average Bonchev–Trinajstić information content (AvgIpc) is 2.79. The zero-order chi connectivity index (χ0) is 26.3. The summed E-state index contributed by atoms with van der Waals surface area (Å²) in [6.07, 6.45) is 0.114. The topological polar surface area (TPSA) is 78.0 Å². The zero-order valence-electron chi connectivity index (χ0n) is 21.7. The molecule has 7 nitrogen and oxygen atoms in total. The van der Waals surface area contributed by atoms with Crippen LogP contribution in [0.25, 0.3) is 10.9 Å². The highest BCUT2D eigenvalue weighted by Crippen LogP contribution is 2.30. The number of hydrogen-bond donors (Lipinski definition) is 0. The van der Waals surface area contributed by atoms with Gasteiger partial charge in [0.15, 0.2) is 0 Å². The third-order valence-electron chi connectivity index (χ3n) is 4.79. The molecule has 0 fully saturated rings. The van der Waals surface area contributed by atoms with E-state index in [1.54, 1.807) is 53.3 Å². The molecule has 8 heteroatoms. The van der Waals surface area contributed by atoms with Crippen LogP contribution in [0.3, 0.4) is 0 Å². The summed E-state index contributed by atoms with van der Waals surface area (Å²) >= 11 is 1.60. The van der Waals surface area contributed by atoms with Crippen LogP contribution in [-0.2, 0) is 20.1 Å². The van der Waals surface area contributed by atoms with Gasteiger partial charge in [-0.25, -0.2) is 9.59 Å². The fourth-order valence-corrected chi connectivity index (χ4v) is 4.40. The number of hydroxylamine groups is 2. The Labute approximate surface area is 217 Å². The molecule has 2 aromatic carbocycles. The van der Waals surface area contributed by atoms with E-state index in [2.05, 4.69) is 11.1 Å². The first-order valence-corrected chi connectivity index (χ1v) is 13.0. The molecule has 0 saturated carbocycles. The number of rotatable bonds is 6. The van der Waals surface area contributed by atoms with Crippen molar-refractivity contribution in [2.75, 3.05) is 5.75 Å². The molecule has 0 aliphatic heterocycles. The minimum atomic E-state index is -0.974. The van der Waals surface area contributed by atoms with Crippen LogP contribution in [0.2, 0.25) is 0 Å². The highest BCUT2D eigenvalue weighted by Gasteiger charge is 2.34. The Balaban J connectivity index is 1.84. The predicted molar refractivity (Wildman–Crippen MR) is 142 cm³/mol. The number of fused-ring (bicyclic) bond motifs is 1. The van der Waals surface area contributed by atoms with Gasteiger partial charge in [-0.3, -0.25) is 9.82 Å². The van der Waals surface area contributed by atoms with Gasteiger partial charge in [0.2, 0.25) is 0 Å². The van der Waals surface area contributed by atoms with E-state index >= 15 is 0 Å². The second-order valence-corrected chi connectivity index (χ2v) is 11.4. The third kappa shape index (κ3) is 8.45. The molecule has 1 aromatic heterocycles. The molecule has 0 bridgehead atoms. The van der Waals surface area contributed by atoms with Crippen LogP contribution in [0.1, 0.15) is 58.7 Å².